The molecule has 8 nitrogen and oxygen atoms in total. The van der Waals surface area contributed by atoms with Gasteiger partial charge in [0.2, 0.25) is 5.91 Å². The first kappa shape index (κ1) is 27.6. The maximum atomic E-state index is 13.8. The highest BCUT2D eigenvalue weighted by molar-refractivity contribution is 5.93. The summed E-state index contributed by atoms with van der Waals surface area (Å²) in [5.41, 5.74) is 4.77. The van der Waals surface area contributed by atoms with E-state index in [0.717, 1.165) is 28.6 Å². The molecule has 0 fully saturated rings. The molecule has 2 aromatic rings. The normalized spacial score (nSPS) is 18.7. The summed E-state index contributed by atoms with van der Waals surface area (Å²) in [6.45, 7) is 15.3. The van der Waals surface area contributed by atoms with Crippen LogP contribution >= 0.6 is 0 Å². The van der Waals surface area contributed by atoms with Crippen LogP contribution in [-0.4, -0.2) is 52.6 Å². The highest BCUT2D eigenvalue weighted by Crippen LogP contribution is 2.41. The second-order valence-electron chi connectivity index (χ2n) is 11.2. The van der Waals surface area contributed by atoms with Crippen LogP contribution in [0.1, 0.15) is 83.3 Å². The Bertz CT molecular complexity index is 1140. The predicted octanol–water partition coefficient (Wildman–Crippen LogP) is 4.97. The average molecular weight is 500 g/mol. The van der Waals surface area contributed by atoms with Crippen molar-refractivity contribution in [2.75, 3.05) is 7.11 Å². The fourth-order valence-electron chi connectivity index (χ4n) is 5.09. The summed E-state index contributed by atoms with van der Waals surface area (Å²) < 4.78 is 10.5. The maximum Gasteiger partial charge on any atom is 0.408 e. The summed E-state index contributed by atoms with van der Waals surface area (Å²) in [4.78, 5) is 44.5. The number of aromatic nitrogens is 1. The number of nitrogens with zero attached hydrogens (tertiary/aromatic N) is 1. The molecule has 1 aromatic carbocycles. The van der Waals surface area contributed by atoms with E-state index in [9.17, 15) is 14.4 Å². The van der Waals surface area contributed by atoms with Crippen LogP contribution in [0, 0.1) is 12.8 Å². The van der Waals surface area contributed by atoms with Crippen LogP contribution in [0.15, 0.2) is 12.1 Å². The molecule has 3 rings (SSSR count). The second kappa shape index (κ2) is 10.5. The number of esters is 1. The first-order chi connectivity index (χ1) is 16.8. The number of hydrogen-bond acceptors (Lipinski definition) is 5. The number of methoxy groups -OCH3 is 1. The van der Waals surface area contributed by atoms with Crippen molar-refractivity contribution < 1.29 is 23.9 Å². The van der Waals surface area contributed by atoms with E-state index >= 15 is 0 Å². The van der Waals surface area contributed by atoms with Crippen molar-refractivity contribution in [3.05, 3.63) is 34.5 Å². The molecule has 2 N–H and O–H groups in total. The van der Waals surface area contributed by atoms with Gasteiger partial charge in [-0.3, -0.25) is 4.79 Å². The number of amides is 2. The van der Waals surface area contributed by atoms with Gasteiger partial charge in [-0.1, -0.05) is 20.8 Å². The first-order valence-electron chi connectivity index (χ1n) is 12.8. The van der Waals surface area contributed by atoms with Gasteiger partial charge in [-0.15, -0.1) is 0 Å². The van der Waals surface area contributed by atoms with E-state index in [-0.39, 0.29) is 17.9 Å². The van der Waals surface area contributed by atoms with Gasteiger partial charge in [0.25, 0.3) is 0 Å². The lowest BCUT2D eigenvalue weighted by Crippen LogP contribution is -2.57. The number of fused-ring (bicyclic) bond motifs is 3. The molecule has 2 heterocycles. The zero-order valence-corrected chi connectivity index (χ0v) is 23.1. The second-order valence-corrected chi connectivity index (χ2v) is 11.2. The highest BCUT2D eigenvalue weighted by atomic mass is 16.6. The van der Waals surface area contributed by atoms with Crippen LogP contribution in [0.2, 0.25) is 0 Å². The van der Waals surface area contributed by atoms with Crippen molar-refractivity contribution in [2.24, 2.45) is 5.92 Å². The lowest BCUT2D eigenvalue weighted by Gasteiger charge is -2.42. The van der Waals surface area contributed by atoms with Crippen molar-refractivity contribution in [1.82, 2.24) is 15.2 Å². The topological polar surface area (TPSA) is 101 Å². The number of alkyl carbamates (subject to hydrolysis) is 1. The Morgan fingerprint density at radius 2 is 1.86 bits per heavy atom. The molecule has 36 heavy (non-hydrogen) atoms. The number of carbonyl (C=O) groups excluding carboxylic acids is 3. The van der Waals surface area contributed by atoms with Gasteiger partial charge >= 0.3 is 12.1 Å². The fourth-order valence-corrected chi connectivity index (χ4v) is 5.09. The predicted molar refractivity (Wildman–Crippen MR) is 140 cm³/mol. The lowest BCUT2D eigenvalue weighted by atomic mass is 9.86. The maximum absolute atomic E-state index is 13.8. The molecular weight excluding hydrogens is 458 g/mol. The molecule has 1 aromatic heterocycles. The van der Waals surface area contributed by atoms with Crippen molar-refractivity contribution in [3.63, 3.8) is 0 Å². The monoisotopic (exact) mass is 499 g/mol. The number of rotatable bonds is 6. The van der Waals surface area contributed by atoms with Crippen molar-refractivity contribution in [1.29, 1.82) is 0 Å². The summed E-state index contributed by atoms with van der Waals surface area (Å²) in [5, 5.41) is 3.73. The zero-order valence-electron chi connectivity index (χ0n) is 23.1. The van der Waals surface area contributed by atoms with E-state index in [1.54, 1.807) is 32.6 Å². The van der Waals surface area contributed by atoms with E-state index in [0.29, 0.717) is 12.8 Å². The number of aromatic amines is 1. The molecule has 0 saturated heterocycles. The van der Waals surface area contributed by atoms with E-state index in [4.69, 9.17) is 9.47 Å². The number of hydrogen-bond donors (Lipinski definition) is 2. The largest absolute Gasteiger partial charge is 0.467 e. The summed E-state index contributed by atoms with van der Waals surface area (Å²) in [7, 11) is 1.34. The van der Waals surface area contributed by atoms with Crippen molar-refractivity contribution in [2.45, 2.75) is 98.4 Å². The summed E-state index contributed by atoms with van der Waals surface area (Å²) >= 11 is 0. The van der Waals surface area contributed by atoms with Crippen molar-refractivity contribution >= 4 is 28.9 Å². The highest BCUT2D eigenvalue weighted by Gasteiger charge is 2.45. The molecule has 0 radical (unpaired) electrons. The number of H-pyrrole nitrogens is 1. The molecule has 8 heteroatoms. The molecule has 3 atom stereocenters. The Kier molecular flexibility index (Phi) is 8.06. The average Bonchev–Trinajstić information content (AvgIpc) is 3.12. The smallest absolute Gasteiger partial charge is 0.408 e. The summed E-state index contributed by atoms with van der Waals surface area (Å²) in [6, 6.07) is 2.29. The van der Waals surface area contributed by atoms with Crippen LogP contribution in [0.3, 0.4) is 0 Å². The van der Waals surface area contributed by atoms with Crippen LogP contribution in [0.25, 0.3) is 10.9 Å². The molecule has 2 amide bonds. The van der Waals surface area contributed by atoms with Gasteiger partial charge in [-0.2, -0.15) is 0 Å². The summed E-state index contributed by atoms with van der Waals surface area (Å²) in [5.74, 6) is -0.566. The molecule has 198 valence electrons. The zero-order chi connectivity index (χ0) is 26.9. The van der Waals surface area contributed by atoms with Crippen LogP contribution in [-0.2, 0) is 31.9 Å². The van der Waals surface area contributed by atoms with E-state index in [2.05, 4.69) is 50.1 Å². The molecule has 0 bridgehead atoms. The molecular formula is C28H41N3O5. The molecule has 1 aliphatic rings. The third-order valence-electron chi connectivity index (χ3n) is 6.70. The number of carbonyl (C=O) groups is 3. The van der Waals surface area contributed by atoms with Gasteiger partial charge in [0, 0.05) is 23.0 Å². The van der Waals surface area contributed by atoms with Gasteiger partial charge in [0.15, 0.2) is 0 Å². The minimum Gasteiger partial charge on any atom is -0.467 e. The van der Waals surface area contributed by atoms with Crippen LogP contribution in [0.4, 0.5) is 4.79 Å². The van der Waals surface area contributed by atoms with Crippen LogP contribution in [0.5, 0.6) is 0 Å². The molecule has 0 saturated carbocycles. The minimum atomic E-state index is -0.887. The standard InChI is InChI=1S/C28H41N3O5/c1-10-18-13-19-20-14-23(26(33)35-9)31(25(32)17(5)29-27(34)36-28(6,7)8)22(11-15(2)3)24(20)30-21(19)12-16(18)4/h12-13,15,17,22-23,30H,10-11,14H2,1-9H3,(H,29,34). The third kappa shape index (κ3) is 5.68. The number of aryl methyl sites for hydroxylation is 2. The van der Waals surface area contributed by atoms with Gasteiger partial charge < -0.3 is 24.7 Å². The van der Waals surface area contributed by atoms with Gasteiger partial charge in [0.1, 0.15) is 17.7 Å². The number of benzene rings is 1. The van der Waals surface area contributed by atoms with Gasteiger partial charge in [-0.25, -0.2) is 9.59 Å². The Balaban J connectivity index is 2.09. The lowest BCUT2D eigenvalue weighted by molar-refractivity contribution is -0.157. The Labute approximate surface area is 214 Å². The fraction of sp³-hybridized carbons (Fsp3) is 0.607. The third-order valence-corrected chi connectivity index (χ3v) is 6.70. The first-order valence-corrected chi connectivity index (χ1v) is 12.8. The van der Waals surface area contributed by atoms with E-state index in [1.807, 2.05) is 0 Å². The quantitative estimate of drug-likeness (QED) is 0.547. The molecule has 0 spiro atoms. The van der Waals surface area contributed by atoms with Crippen LogP contribution < -0.4 is 5.32 Å². The van der Waals surface area contributed by atoms with Gasteiger partial charge in [0.05, 0.1) is 13.2 Å². The Morgan fingerprint density at radius 1 is 1.19 bits per heavy atom. The minimum absolute atomic E-state index is 0.253. The Hall–Kier alpha value is -3.03. The Morgan fingerprint density at radius 3 is 2.42 bits per heavy atom. The number of nitrogens with one attached hydrogen (secondary N) is 2. The summed E-state index contributed by atoms with van der Waals surface area (Å²) in [6.07, 6.45) is 1.23. The van der Waals surface area contributed by atoms with E-state index < -0.39 is 29.7 Å². The number of ether oxygens (including phenoxy) is 2. The molecule has 0 aliphatic carbocycles. The van der Waals surface area contributed by atoms with Crippen molar-refractivity contribution in [3.8, 4) is 0 Å². The SMILES string of the molecule is CCc1cc2c3c([nH]c2cc1C)C(CC(C)C)N(C(=O)C(C)NC(=O)OC(C)(C)C)C(C(=O)OC)C3. The molecule has 3 unspecified atom stereocenters. The molecule has 1 aliphatic heterocycles. The van der Waals surface area contributed by atoms with Gasteiger partial charge in [-0.05, 0) is 82.2 Å². The van der Waals surface area contributed by atoms with E-state index in [1.165, 1.54) is 18.2 Å².